The van der Waals surface area contributed by atoms with Crippen molar-refractivity contribution in [2.24, 2.45) is 0 Å². The number of amides is 1. The minimum absolute atomic E-state index is 0.0339. The van der Waals surface area contributed by atoms with Crippen molar-refractivity contribution in [3.8, 4) is 11.3 Å². The van der Waals surface area contributed by atoms with E-state index in [9.17, 15) is 13.2 Å². The smallest absolute Gasteiger partial charge is 0.270 e. The molecule has 1 unspecified atom stereocenters. The molecular weight excluding hydrogens is 312 g/mol. The molecule has 1 aliphatic rings. The van der Waals surface area contributed by atoms with Crippen LogP contribution in [0.2, 0.25) is 0 Å². The minimum atomic E-state index is -3.09. The molecule has 1 fully saturated rings. The van der Waals surface area contributed by atoms with Gasteiger partial charge in [0.25, 0.3) is 5.91 Å². The Hall–Kier alpha value is -2.08. The first kappa shape index (κ1) is 15.8. The first-order valence-corrected chi connectivity index (χ1v) is 9.44. The number of rotatable bonds is 2. The Morgan fingerprint density at radius 2 is 1.87 bits per heavy atom. The van der Waals surface area contributed by atoms with Gasteiger partial charge in [0.1, 0.15) is 5.69 Å². The molecular formula is C17H20N2O3S. The molecule has 0 radical (unpaired) electrons. The molecule has 23 heavy (non-hydrogen) atoms. The number of hydrogen-bond acceptors (Lipinski definition) is 3. The lowest BCUT2D eigenvalue weighted by molar-refractivity contribution is 0.0762. The predicted octanol–water partition coefficient (Wildman–Crippen LogP) is 2.33. The number of benzene rings is 1. The monoisotopic (exact) mass is 332 g/mol. The molecule has 2 aromatic rings. The molecule has 1 amide bonds. The van der Waals surface area contributed by atoms with E-state index >= 15 is 0 Å². The van der Waals surface area contributed by atoms with Crippen molar-refractivity contribution in [2.75, 3.05) is 18.8 Å². The summed E-state index contributed by atoms with van der Waals surface area (Å²) in [7, 11) is -3.09. The number of sulfone groups is 1. The van der Waals surface area contributed by atoms with Crippen molar-refractivity contribution in [3.63, 3.8) is 0 Å². The van der Waals surface area contributed by atoms with Crippen molar-refractivity contribution in [3.05, 3.63) is 48.2 Å². The Balaban J connectivity index is 1.78. The summed E-state index contributed by atoms with van der Waals surface area (Å²) in [6, 6.07) is 13.4. The fourth-order valence-corrected chi connectivity index (χ4v) is 4.09. The molecule has 1 N–H and O–H groups in total. The topological polar surface area (TPSA) is 70.2 Å². The van der Waals surface area contributed by atoms with Crippen LogP contribution in [-0.2, 0) is 9.84 Å². The maximum Gasteiger partial charge on any atom is 0.270 e. The molecule has 6 heteroatoms. The molecule has 0 bridgehead atoms. The van der Waals surface area contributed by atoms with Gasteiger partial charge in [-0.1, -0.05) is 30.3 Å². The highest BCUT2D eigenvalue weighted by molar-refractivity contribution is 7.92. The maximum absolute atomic E-state index is 12.6. The normalized spacial score (nSPS) is 20.9. The molecule has 1 aliphatic heterocycles. The Kier molecular flexibility index (Phi) is 4.26. The summed E-state index contributed by atoms with van der Waals surface area (Å²) in [6.45, 7) is 2.44. The highest BCUT2D eigenvalue weighted by Crippen LogP contribution is 2.20. The average molecular weight is 332 g/mol. The van der Waals surface area contributed by atoms with Crippen molar-refractivity contribution < 1.29 is 13.2 Å². The van der Waals surface area contributed by atoms with Gasteiger partial charge in [-0.05, 0) is 31.0 Å². The molecule has 3 rings (SSSR count). The van der Waals surface area contributed by atoms with E-state index in [0.29, 0.717) is 18.7 Å². The SMILES string of the molecule is CC1CCN(C(=O)c2ccc(-c3ccccc3)[nH]2)CCS1(=O)=O. The van der Waals surface area contributed by atoms with Crippen LogP contribution in [0.15, 0.2) is 42.5 Å². The second-order valence-corrected chi connectivity index (χ2v) is 8.45. The number of carbonyl (C=O) groups excluding carboxylic acids is 1. The van der Waals surface area contributed by atoms with E-state index in [-0.39, 0.29) is 23.5 Å². The fourth-order valence-electron chi connectivity index (χ4n) is 2.75. The molecule has 1 aromatic heterocycles. The van der Waals surface area contributed by atoms with Crippen LogP contribution in [0.3, 0.4) is 0 Å². The van der Waals surface area contributed by atoms with E-state index in [1.54, 1.807) is 17.9 Å². The van der Waals surface area contributed by atoms with Gasteiger partial charge in [-0.2, -0.15) is 0 Å². The Bertz CT molecular complexity index is 796. The van der Waals surface area contributed by atoms with E-state index in [4.69, 9.17) is 0 Å². The number of carbonyl (C=O) groups is 1. The van der Waals surface area contributed by atoms with Gasteiger partial charge >= 0.3 is 0 Å². The summed E-state index contributed by atoms with van der Waals surface area (Å²) in [4.78, 5) is 17.4. The first-order valence-electron chi connectivity index (χ1n) is 7.72. The van der Waals surface area contributed by atoms with Gasteiger partial charge < -0.3 is 9.88 Å². The maximum atomic E-state index is 12.6. The molecule has 5 nitrogen and oxygen atoms in total. The number of aromatic nitrogens is 1. The van der Waals surface area contributed by atoms with E-state index in [2.05, 4.69) is 4.98 Å². The van der Waals surface area contributed by atoms with Crippen LogP contribution in [0, 0.1) is 0 Å². The van der Waals surface area contributed by atoms with Crippen molar-refractivity contribution in [1.29, 1.82) is 0 Å². The third kappa shape index (κ3) is 3.32. The highest BCUT2D eigenvalue weighted by atomic mass is 32.2. The van der Waals surface area contributed by atoms with Gasteiger partial charge in [0, 0.05) is 18.8 Å². The molecule has 122 valence electrons. The van der Waals surface area contributed by atoms with Gasteiger partial charge in [-0.15, -0.1) is 0 Å². The number of H-pyrrole nitrogens is 1. The van der Waals surface area contributed by atoms with E-state index < -0.39 is 9.84 Å². The van der Waals surface area contributed by atoms with Crippen molar-refractivity contribution in [2.45, 2.75) is 18.6 Å². The lowest BCUT2D eigenvalue weighted by Crippen LogP contribution is -2.33. The average Bonchev–Trinajstić information content (AvgIpc) is 3.00. The zero-order valence-corrected chi connectivity index (χ0v) is 13.8. The second-order valence-electron chi connectivity index (χ2n) is 5.91. The number of hydrogen-bond donors (Lipinski definition) is 1. The lowest BCUT2D eigenvalue weighted by Gasteiger charge is -2.18. The van der Waals surface area contributed by atoms with Crippen LogP contribution < -0.4 is 0 Å². The third-order valence-corrected chi connectivity index (χ3v) is 6.57. The molecule has 1 aromatic carbocycles. The lowest BCUT2D eigenvalue weighted by atomic mass is 10.2. The molecule has 0 aliphatic carbocycles. The van der Waals surface area contributed by atoms with Gasteiger partial charge in [0.2, 0.25) is 0 Å². The molecule has 2 heterocycles. The third-order valence-electron chi connectivity index (χ3n) is 4.35. The van der Waals surface area contributed by atoms with Crippen molar-refractivity contribution >= 4 is 15.7 Å². The van der Waals surface area contributed by atoms with Crippen LogP contribution in [0.5, 0.6) is 0 Å². The van der Waals surface area contributed by atoms with Crippen LogP contribution in [0.4, 0.5) is 0 Å². The number of nitrogens with zero attached hydrogens (tertiary/aromatic N) is 1. The van der Waals surface area contributed by atoms with Crippen LogP contribution in [0.25, 0.3) is 11.3 Å². The zero-order valence-electron chi connectivity index (χ0n) is 13.0. The van der Waals surface area contributed by atoms with Crippen molar-refractivity contribution in [1.82, 2.24) is 9.88 Å². The minimum Gasteiger partial charge on any atom is -0.351 e. The Morgan fingerprint density at radius 1 is 1.13 bits per heavy atom. The zero-order chi connectivity index (χ0) is 16.4. The quantitative estimate of drug-likeness (QED) is 0.917. The van der Waals surface area contributed by atoms with Gasteiger partial charge in [0.05, 0.1) is 11.0 Å². The van der Waals surface area contributed by atoms with E-state index in [1.807, 2.05) is 36.4 Å². The van der Waals surface area contributed by atoms with E-state index in [0.717, 1.165) is 11.3 Å². The number of nitrogens with one attached hydrogen (secondary N) is 1. The largest absolute Gasteiger partial charge is 0.351 e. The molecule has 1 saturated heterocycles. The number of aromatic amines is 1. The van der Waals surface area contributed by atoms with Gasteiger partial charge in [-0.3, -0.25) is 4.79 Å². The summed E-state index contributed by atoms with van der Waals surface area (Å²) < 4.78 is 23.9. The Morgan fingerprint density at radius 3 is 2.61 bits per heavy atom. The van der Waals surface area contributed by atoms with Crippen LogP contribution in [0.1, 0.15) is 23.8 Å². The molecule has 0 spiro atoms. The summed E-state index contributed by atoms with van der Waals surface area (Å²) in [6.07, 6.45) is 0.486. The standard InChI is InChI=1S/C17H20N2O3S/c1-13-9-10-19(11-12-23(13,21)22)17(20)16-8-7-15(18-16)14-5-3-2-4-6-14/h2-8,13,18H,9-12H2,1H3. The molecule has 0 saturated carbocycles. The summed E-state index contributed by atoms with van der Waals surface area (Å²) in [5.74, 6) is -0.108. The Labute approximate surface area is 136 Å². The summed E-state index contributed by atoms with van der Waals surface area (Å²) in [5.41, 5.74) is 2.39. The summed E-state index contributed by atoms with van der Waals surface area (Å²) in [5, 5.41) is -0.385. The van der Waals surface area contributed by atoms with E-state index in [1.165, 1.54) is 0 Å². The first-order chi connectivity index (χ1) is 11.0. The van der Waals surface area contributed by atoms with Crippen LogP contribution in [-0.4, -0.2) is 48.3 Å². The van der Waals surface area contributed by atoms with Gasteiger partial charge in [0.15, 0.2) is 9.84 Å². The van der Waals surface area contributed by atoms with Crippen LogP contribution >= 0.6 is 0 Å². The fraction of sp³-hybridized carbons (Fsp3) is 0.353. The van der Waals surface area contributed by atoms with Gasteiger partial charge in [-0.25, -0.2) is 8.42 Å². The highest BCUT2D eigenvalue weighted by Gasteiger charge is 2.29. The summed E-state index contributed by atoms with van der Waals surface area (Å²) >= 11 is 0. The predicted molar refractivity (Wildman–Crippen MR) is 90.0 cm³/mol. The molecule has 1 atom stereocenters. The second kappa shape index (κ2) is 6.20.